The van der Waals surface area contributed by atoms with Crippen molar-refractivity contribution in [1.82, 2.24) is 4.98 Å². The van der Waals surface area contributed by atoms with Crippen LogP contribution in [0, 0.1) is 5.82 Å². The second-order valence-corrected chi connectivity index (χ2v) is 5.36. The molecule has 1 atom stereocenters. The summed E-state index contributed by atoms with van der Waals surface area (Å²) in [6.07, 6.45) is 1.79. The topological polar surface area (TPSA) is 24.9 Å². The summed E-state index contributed by atoms with van der Waals surface area (Å²) in [4.78, 5) is 4.41. The first-order valence-electron chi connectivity index (χ1n) is 6.70. The number of para-hydroxylation sites is 1. The molecule has 0 amide bonds. The van der Waals surface area contributed by atoms with Gasteiger partial charge >= 0.3 is 0 Å². The lowest BCUT2D eigenvalue weighted by Crippen LogP contribution is -2.07. The average Bonchev–Trinajstić information content (AvgIpc) is 2.47. The summed E-state index contributed by atoms with van der Waals surface area (Å²) in [5, 5.41) is 4.83. The average molecular weight is 301 g/mol. The van der Waals surface area contributed by atoms with Crippen LogP contribution >= 0.6 is 11.6 Å². The van der Waals surface area contributed by atoms with E-state index < -0.39 is 0 Å². The minimum absolute atomic E-state index is 0.0407. The Kier molecular flexibility index (Phi) is 3.76. The molecule has 1 N–H and O–H groups in total. The second-order valence-electron chi connectivity index (χ2n) is 4.95. The summed E-state index contributed by atoms with van der Waals surface area (Å²) >= 11 is 6.09. The van der Waals surface area contributed by atoms with Gasteiger partial charge in [0.15, 0.2) is 0 Å². The molecule has 2 aromatic carbocycles. The highest BCUT2D eigenvalue weighted by atomic mass is 35.5. The predicted molar refractivity (Wildman–Crippen MR) is 85.2 cm³/mol. The Morgan fingerprint density at radius 1 is 1.14 bits per heavy atom. The summed E-state index contributed by atoms with van der Waals surface area (Å²) in [6.45, 7) is 1.98. The molecule has 0 aliphatic rings. The summed E-state index contributed by atoms with van der Waals surface area (Å²) in [6, 6.07) is 14.4. The van der Waals surface area contributed by atoms with Gasteiger partial charge in [-0.15, -0.1) is 0 Å². The van der Waals surface area contributed by atoms with Gasteiger partial charge in [0, 0.05) is 10.4 Å². The van der Waals surface area contributed by atoms with E-state index in [0.29, 0.717) is 5.02 Å². The van der Waals surface area contributed by atoms with Gasteiger partial charge in [0.2, 0.25) is 0 Å². The van der Waals surface area contributed by atoms with Gasteiger partial charge < -0.3 is 5.32 Å². The molecule has 0 aliphatic carbocycles. The molecule has 0 bridgehead atoms. The summed E-state index contributed by atoms with van der Waals surface area (Å²) in [5.74, 6) is -0.330. The molecule has 4 heteroatoms. The number of hydrogen-bond acceptors (Lipinski definition) is 2. The van der Waals surface area contributed by atoms with Gasteiger partial charge in [-0.05, 0) is 36.8 Å². The highest BCUT2D eigenvalue weighted by Gasteiger charge is 2.10. The molecule has 0 saturated carbocycles. The molecular weight excluding hydrogens is 287 g/mol. The van der Waals surface area contributed by atoms with E-state index in [9.17, 15) is 4.39 Å². The van der Waals surface area contributed by atoms with Gasteiger partial charge in [-0.25, -0.2) is 4.39 Å². The van der Waals surface area contributed by atoms with E-state index in [-0.39, 0.29) is 11.9 Å². The van der Waals surface area contributed by atoms with Crippen LogP contribution in [0.25, 0.3) is 10.9 Å². The number of anilines is 1. The van der Waals surface area contributed by atoms with E-state index >= 15 is 0 Å². The van der Waals surface area contributed by atoms with Crippen LogP contribution in [-0.4, -0.2) is 4.98 Å². The number of pyridine rings is 1. The lowest BCUT2D eigenvalue weighted by molar-refractivity contribution is 0.626. The number of rotatable bonds is 3. The molecule has 106 valence electrons. The number of hydrogen-bond donors (Lipinski definition) is 1. The molecule has 0 aliphatic heterocycles. The van der Waals surface area contributed by atoms with Crippen LogP contribution in [-0.2, 0) is 0 Å². The zero-order valence-electron chi connectivity index (χ0n) is 11.5. The van der Waals surface area contributed by atoms with Crippen LogP contribution in [0.4, 0.5) is 10.1 Å². The molecule has 1 heterocycles. The van der Waals surface area contributed by atoms with Crippen molar-refractivity contribution in [3.05, 3.63) is 71.1 Å². The Hall–Kier alpha value is -2.13. The molecule has 3 rings (SSSR count). The van der Waals surface area contributed by atoms with Gasteiger partial charge in [0.25, 0.3) is 0 Å². The lowest BCUT2D eigenvalue weighted by atomic mass is 10.1. The van der Waals surface area contributed by atoms with E-state index in [1.54, 1.807) is 12.3 Å². The van der Waals surface area contributed by atoms with Crippen molar-refractivity contribution < 1.29 is 4.39 Å². The molecule has 1 aromatic heterocycles. The van der Waals surface area contributed by atoms with E-state index in [1.807, 2.05) is 37.3 Å². The normalized spacial score (nSPS) is 12.3. The summed E-state index contributed by atoms with van der Waals surface area (Å²) in [5.41, 5.74) is 2.71. The van der Waals surface area contributed by atoms with Crippen LogP contribution < -0.4 is 5.32 Å². The molecule has 0 radical (unpaired) electrons. The Balaban J connectivity index is 1.87. The van der Waals surface area contributed by atoms with Gasteiger partial charge in [-0.1, -0.05) is 35.9 Å². The second kappa shape index (κ2) is 5.70. The maximum Gasteiger partial charge on any atom is 0.124 e. The molecule has 2 nitrogen and oxygen atoms in total. The predicted octanol–water partition coefficient (Wildman–Crippen LogP) is 5.20. The lowest BCUT2D eigenvalue weighted by Gasteiger charge is -2.17. The first kappa shape index (κ1) is 13.8. The minimum atomic E-state index is -0.330. The van der Waals surface area contributed by atoms with Crippen molar-refractivity contribution in [2.45, 2.75) is 13.0 Å². The Labute approximate surface area is 127 Å². The van der Waals surface area contributed by atoms with Crippen LogP contribution in [0.15, 0.2) is 54.7 Å². The fraction of sp³-hybridized carbons (Fsp3) is 0.118. The Bertz CT molecular complexity index is 789. The van der Waals surface area contributed by atoms with Crippen molar-refractivity contribution in [2.75, 3.05) is 5.32 Å². The Morgan fingerprint density at radius 2 is 1.95 bits per heavy atom. The van der Waals surface area contributed by atoms with Gasteiger partial charge in [0.05, 0.1) is 23.4 Å². The fourth-order valence-corrected chi connectivity index (χ4v) is 2.66. The van der Waals surface area contributed by atoms with Crippen molar-refractivity contribution in [3.8, 4) is 0 Å². The van der Waals surface area contributed by atoms with Crippen molar-refractivity contribution in [3.63, 3.8) is 0 Å². The summed E-state index contributed by atoms with van der Waals surface area (Å²) < 4.78 is 13.1. The number of aromatic nitrogens is 1. The fourth-order valence-electron chi connectivity index (χ4n) is 2.33. The molecule has 0 fully saturated rings. The molecule has 0 spiro atoms. The third-order valence-electron chi connectivity index (χ3n) is 3.40. The zero-order chi connectivity index (χ0) is 14.8. The van der Waals surface area contributed by atoms with Crippen molar-refractivity contribution in [1.29, 1.82) is 0 Å². The van der Waals surface area contributed by atoms with Crippen LogP contribution in [0.1, 0.15) is 18.5 Å². The Morgan fingerprint density at radius 3 is 2.76 bits per heavy atom. The quantitative estimate of drug-likeness (QED) is 0.719. The standard InChI is InChI=1S/C17H14ClFN2/c1-11(15-7-6-13(19)9-16(15)18)21-14-8-12-4-2-3-5-17(12)20-10-14/h2-11,21H,1H3. The van der Waals surface area contributed by atoms with E-state index in [2.05, 4.69) is 10.3 Å². The zero-order valence-corrected chi connectivity index (χ0v) is 12.2. The van der Waals surface area contributed by atoms with Crippen LogP contribution in [0.3, 0.4) is 0 Å². The van der Waals surface area contributed by atoms with Gasteiger partial charge in [0.1, 0.15) is 5.82 Å². The number of nitrogens with zero attached hydrogens (tertiary/aromatic N) is 1. The van der Waals surface area contributed by atoms with Crippen LogP contribution in [0.2, 0.25) is 5.02 Å². The minimum Gasteiger partial charge on any atom is -0.377 e. The molecule has 0 saturated heterocycles. The highest BCUT2D eigenvalue weighted by Crippen LogP contribution is 2.27. The van der Waals surface area contributed by atoms with E-state index in [0.717, 1.165) is 22.2 Å². The largest absolute Gasteiger partial charge is 0.377 e. The number of fused-ring (bicyclic) bond motifs is 1. The van der Waals surface area contributed by atoms with Crippen molar-refractivity contribution >= 4 is 28.2 Å². The maximum atomic E-state index is 13.1. The SMILES string of the molecule is CC(Nc1cnc2ccccc2c1)c1ccc(F)cc1Cl. The number of benzene rings is 2. The third-order valence-corrected chi connectivity index (χ3v) is 3.73. The highest BCUT2D eigenvalue weighted by molar-refractivity contribution is 6.31. The third kappa shape index (κ3) is 2.98. The van der Waals surface area contributed by atoms with E-state index in [1.165, 1.54) is 12.1 Å². The maximum absolute atomic E-state index is 13.1. The smallest absolute Gasteiger partial charge is 0.124 e. The first-order chi connectivity index (χ1) is 10.1. The van der Waals surface area contributed by atoms with Gasteiger partial charge in [-0.3, -0.25) is 4.98 Å². The molecule has 21 heavy (non-hydrogen) atoms. The van der Waals surface area contributed by atoms with E-state index in [4.69, 9.17) is 11.6 Å². The van der Waals surface area contributed by atoms with Crippen molar-refractivity contribution in [2.24, 2.45) is 0 Å². The first-order valence-corrected chi connectivity index (χ1v) is 7.07. The summed E-state index contributed by atoms with van der Waals surface area (Å²) in [7, 11) is 0. The molecule has 3 aromatic rings. The number of nitrogens with one attached hydrogen (secondary N) is 1. The monoisotopic (exact) mass is 300 g/mol. The van der Waals surface area contributed by atoms with Gasteiger partial charge in [-0.2, -0.15) is 0 Å². The molecular formula is C17H14ClFN2. The molecule has 1 unspecified atom stereocenters. The number of halogens is 2. The van der Waals surface area contributed by atoms with Crippen LogP contribution in [0.5, 0.6) is 0 Å².